The van der Waals surface area contributed by atoms with Gasteiger partial charge in [0.1, 0.15) is 17.0 Å². The first-order chi connectivity index (χ1) is 11.7. The van der Waals surface area contributed by atoms with E-state index in [0.29, 0.717) is 28.8 Å². The van der Waals surface area contributed by atoms with E-state index in [2.05, 4.69) is 15.2 Å². The van der Waals surface area contributed by atoms with E-state index in [1.54, 1.807) is 0 Å². The summed E-state index contributed by atoms with van der Waals surface area (Å²) in [6, 6.07) is 10.3. The van der Waals surface area contributed by atoms with E-state index < -0.39 is 4.92 Å². The fourth-order valence-corrected chi connectivity index (χ4v) is 2.54. The van der Waals surface area contributed by atoms with E-state index in [4.69, 9.17) is 9.15 Å². The summed E-state index contributed by atoms with van der Waals surface area (Å²) in [6.07, 6.45) is 1.18. The first-order valence-corrected chi connectivity index (χ1v) is 7.83. The van der Waals surface area contributed by atoms with Gasteiger partial charge in [-0.1, -0.05) is 12.1 Å². The lowest BCUT2D eigenvalue weighted by molar-refractivity contribution is -0.385. The molecule has 3 aromatic rings. The first-order valence-electron chi connectivity index (χ1n) is 7.01. The normalized spacial score (nSPS) is 10.5. The van der Waals surface area contributed by atoms with Gasteiger partial charge in [-0.05, 0) is 36.9 Å². The maximum atomic E-state index is 10.6. The lowest BCUT2D eigenvalue weighted by Gasteiger charge is -2.05. The van der Waals surface area contributed by atoms with E-state index >= 15 is 0 Å². The second-order valence-electron chi connectivity index (χ2n) is 4.52. The van der Waals surface area contributed by atoms with Crippen LogP contribution < -0.4 is 4.74 Å². The summed E-state index contributed by atoms with van der Waals surface area (Å²) in [6.45, 7) is 2.42. The van der Waals surface area contributed by atoms with Crippen LogP contribution in [0.1, 0.15) is 6.92 Å². The maximum Gasteiger partial charge on any atom is 0.287 e. The Labute approximate surface area is 141 Å². The van der Waals surface area contributed by atoms with Gasteiger partial charge >= 0.3 is 0 Å². The molecule has 0 spiro atoms. The highest BCUT2D eigenvalue weighted by Crippen LogP contribution is 2.32. The Bertz CT molecular complexity index is 851. The molecule has 0 aliphatic heterocycles. The zero-order chi connectivity index (χ0) is 16.9. The Morgan fingerprint density at radius 2 is 2.08 bits per heavy atom. The van der Waals surface area contributed by atoms with Gasteiger partial charge in [0.2, 0.25) is 0 Å². The summed E-state index contributed by atoms with van der Waals surface area (Å²) in [5.41, 5.74) is 0.631. The van der Waals surface area contributed by atoms with Crippen molar-refractivity contribution in [1.82, 2.24) is 15.2 Å². The van der Waals surface area contributed by atoms with Crippen molar-refractivity contribution >= 4 is 17.4 Å². The van der Waals surface area contributed by atoms with Gasteiger partial charge in [0, 0.05) is 6.07 Å². The van der Waals surface area contributed by atoms with E-state index in [1.807, 2.05) is 31.2 Å². The minimum atomic E-state index is -0.503. The third kappa shape index (κ3) is 3.51. The molecular weight excluding hydrogens is 332 g/mol. The monoisotopic (exact) mass is 344 g/mol. The number of hydrogen-bond donors (Lipinski definition) is 0. The van der Waals surface area contributed by atoms with Crippen molar-refractivity contribution in [2.75, 3.05) is 6.61 Å². The van der Waals surface area contributed by atoms with Gasteiger partial charge < -0.3 is 9.15 Å². The van der Waals surface area contributed by atoms with Crippen LogP contribution in [0.5, 0.6) is 5.75 Å². The largest absolute Gasteiger partial charge is 0.493 e. The van der Waals surface area contributed by atoms with Crippen LogP contribution in [-0.2, 0) is 0 Å². The van der Waals surface area contributed by atoms with Gasteiger partial charge in [-0.15, -0.1) is 10.2 Å². The minimum Gasteiger partial charge on any atom is -0.493 e. The van der Waals surface area contributed by atoms with Crippen molar-refractivity contribution in [1.29, 1.82) is 0 Å². The number of nitrogens with zero attached hydrogens (tertiary/aromatic N) is 4. The molecule has 1 aromatic carbocycles. The van der Waals surface area contributed by atoms with E-state index in [0.717, 1.165) is 11.8 Å². The Morgan fingerprint density at radius 3 is 2.79 bits per heavy atom. The number of benzene rings is 1. The molecule has 2 aromatic heterocycles. The van der Waals surface area contributed by atoms with Crippen molar-refractivity contribution in [3.8, 4) is 17.2 Å². The van der Waals surface area contributed by atoms with Crippen molar-refractivity contribution in [3.05, 3.63) is 52.7 Å². The van der Waals surface area contributed by atoms with E-state index in [-0.39, 0.29) is 10.9 Å². The van der Waals surface area contributed by atoms with Crippen LogP contribution in [0.3, 0.4) is 0 Å². The molecule has 24 heavy (non-hydrogen) atoms. The number of aromatic nitrogens is 3. The molecule has 122 valence electrons. The Balaban J connectivity index is 1.80. The van der Waals surface area contributed by atoms with Crippen LogP contribution in [0.2, 0.25) is 0 Å². The molecule has 3 rings (SSSR count). The molecule has 0 unspecified atom stereocenters. The molecule has 0 bridgehead atoms. The van der Waals surface area contributed by atoms with Crippen LogP contribution in [0, 0.1) is 10.1 Å². The topological polar surface area (TPSA) is 104 Å². The number of para-hydroxylation sites is 1. The smallest absolute Gasteiger partial charge is 0.287 e. The van der Waals surface area contributed by atoms with Crippen molar-refractivity contribution in [2.24, 2.45) is 0 Å². The van der Waals surface area contributed by atoms with Gasteiger partial charge in [0.25, 0.3) is 16.8 Å². The number of rotatable bonds is 6. The fourth-order valence-electron chi connectivity index (χ4n) is 1.91. The summed E-state index contributed by atoms with van der Waals surface area (Å²) in [4.78, 5) is 14.1. The molecule has 0 fully saturated rings. The summed E-state index contributed by atoms with van der Waals surface area (Å²) < 4.78 is 11.2. The minimum absolute atomic E-state index is 0.0730. The summed E-state index contributed by atoms with van der Waals surface area (Å²) in [7, 11) is 0. The van der Waals surface area contributed by atoms with E-state index in [1.165, 1.54) is 18.3 Å². The second kappa shape index (κ2) is 7.09. The summed E-state index contributed by atoms with van der Waals surface area (Å²) in [5, 5.41) is 19.4. The number of ether oxygens (including phenoxy) is 1. The Kier molecular flexibility index (Phi) is 4.71. The molecule has 0 N–H and O–H groups in total. The Hall–Kier alpha value is -2.94. The molecule has 2 heterocycles. The number of hydrogen-bond acceptors (Lipinski definition) is 8. The molecule has 9 heteroatoms. The van der Waals surface area contributed by atoms with Crippen LogP contribution in [0.15, 0.2) is 57.3 Å². The highest BCUT2D eigenvalue weighted by atomic mass is 32.2. The molecule has 0 amide bonds. The zero-order valence-corrected chi connectivity index (χ0v) is 13.4. The van der Waals surface area contributed by atoms with Gasteiger partial charge in [-0.3, -0.25) is 10.1 Å². The molecular formula is C15H12N4O4S. The average molecular weight is 344 g/mol. The van der Waals surface area contributed by atoms with Crippen LogP contribution in [0.4, 0.5) is 5.69 Å². The maximum absolute atomic E-state index is 10.6. The molecule has 0 aliphatic rings. The highest BCUT2D eigenvalue weighted by molar-refractivity contribution is 7.99. The lowest BCUT2D eigenvalue weighted by atomic mass is 10.2. The molecule has 0 radical (unpaired) electrons. The van der Waals surface area contributed by atoms with Crippen molar-refractivity contribution < 1.29 is 14.1 Å². The van der Waals surface area contributed by atoms with Gasteiger partial charge in [0.05, 0.1) is 17.1 Å². The van der Waals surface area contributed by atoms with Gasteiger partial charge in [0.15, 0.2) is 0 Å². The highest BCUT2D eigenvalue weighted by Gasteiger charge is 2.15. The third-order valence-corrected chi connectivity index (χ3v) is 3.74. The molecule has 0 saturated heterocycles. The van der Waals surface area contributed by atoms with Gasteiger partial charge in [-0.25, -0.2) is 4.98 Å². The van der Waals surface area contributed by atoms with Crippen LogP contribution >= 0.6 is 11.8 Å². The summed E-state index contributed by atoms with van der Waals surface area (Å²) in [5.74, 6) is 0.997. The van der Waals surface area contributed by atoms with Crippen molar-refractivity contribution in [2.45, 2.75) is 17.2 Å². The third-order valence-electron chi connectivity index (χ3n) is 2.95. The van der Waals surface area contributed by atoms with E-state index in [9.17, 15) is 10.1 Å². The zero-order valence-electron chi connectivity index (χ0n) is 12.6. The SMILES string of the molecule is CCOc1ccccc1-c1nnc(Sc2ccc([N+](=O)[O-])cn2)o1. The lowest BCUT2D eigenvalue weighted by Crippen LogP contribution is -1.93. The fraction of sp³-hybridized carbons (Fsp3) is 0.133. The van der Waals surface area contributed by atoms with Crippen molar-refractivity contribution in [3.63, 3.8) is 0 Å². The predicted molar refractivity (Wildman–Crippen MR) is 85.9 cm³/mol. The molecule has 0 aliphatic carbocycles. The standard InChI is InChI=1S/C15H12N4O4S/c1-2-22-12-6-4-3-5-11(12)14-17-18-15(23-14)24-13-8-7-10(9-16-13)19(20)21/h3-9H,2H2,1H3. The van der Waals surface area contributed by atoms with Gasteiger partial charge in [-0.2, -0.15) is 0 Å². The van der Waals surface area contributed by atoms with Crippen LogP contribution in [-0.4, -0.2) is 26.7 Å². The predicted octanol–water partition coefficient (Wildman–Crippen LogP) is 3.59. The first kappa shape index (κ1) is 15.9. The molecule has 8 nitrogen and oxygen atoms in total. The molecule has 0 atom stereocenters. The quantitative estimate of drug-likeness (QED) is 0.493. The number of nitro groups is 1. The summed E-state index contributed by atoms with van der Waals surface area (Å²) >= 11 is 1.13. The average Bonchev–Trinajstić information content (AvgIpc) is 3.04. The van der Waals surface area contributed by atoms with Crippen LogP contribution in [0.25, 0.3) is 11.5 Å². The second-order valence-corrected chi connectivity index (χ2v) is 5.49. The number of pyridine rings is 1. The Morgan fingerprint density at radius 1 is 1.25 bits per heavy atom. The molecule has 0 saturated carbocycles.